The van der Waals surface area contributed by atoms with Gasteiger partial charge in [0.1, 0.15) is 12.2 Å². The monoisotopic (exact) mass is 368 g/mol. The molecular weight excluding hydrogens is 352 g/mol. The van der Waals surface area contributed by atoms with E-state index >= 15 is 0 Å². The van der Waals surface area contributed by atoms with E-state index < -0.39 is 12.2 Å². The van der Waals surface area contributed by atoms with E-state index in [9.17, 15) is 10.2 Å². The second kappa shape index (κ2) is 7.09. The zero-order valence-electron chi connectivity index (χ0n) is 12.4. The van der Waals surface area contributed by atoms with E-state index in [1.165, 1.54) is 0 Å². The van der Waals surface area contributed by atoms with Crippen LogP contribution in [0.1, 0.15) is 34.5 Å². The Balaban J connectivity index is 1.96. The van der Waals surface area contributed by atoms with Crippen molar-refractivity contribution in [3.63, 3.8) is 0 Å². The summed E-state index contributed by atoms with van der Waals surface area (Å²) in [7, 11) is 0. The lowest BCUT2D eigenvalue weighted by atomic mass is 9.95. The van der Waals surface area contributed by atoms with Gasteiger partial charge in [-0.15, -0.1) is 0 Å². The van der Waals surface area contributed by atoms with Crippen molar-refractivity contribution in [2.24, 2.45) is 0 Å². The molecule has 0 aliphatic rings. The quantitative estimate of drug-likeness (QED) is 0.705. The third-order valence-electron chi connectivity index (χ3n) is 3.80. The molecule has 2 atom stereocenters. The summed E-state index contributed by atoms with van der Waals surface area (Å²) in [6, 6.07) is 24.6. The SMILES string of the molecule is OC(c1ccccc1)c1cc(Br)cc(C(O)c2ccccc2)c1. The van der Waals surface area contributed by atoms with Crippen molar-refractivity contribution in [3.8, 4) is 0 Å². The number of halogens is 1. The molecule has 0 fully saturated rings. The van der Waals surface area contributed by atoms with E-state index in [2.05, 4.69) is 15.9 Å². The highest BCUT2D eigenvalue weighted by molar-refractivity contribution is 9.10. The Morgan fingerprint density at radius 2 is 0.957 bits per heavy atom. The van der Waals surface area contributed by atoms with Gasteiger partial charge < -0.3 is 10.2 Å². The lowest BCUT2D eigenvalue weighted by Crippen LogP contribution is -2.04. The fourth-order valence-corrected chi connectivity index (χ4v) is 3.14. The normalized spacial score (nSPS) is 13.5. The molecule has 0 spiro atoms. The van der Waals surface area contributed by atoms with Crippen LogP contribution < -0.4 is 0 Å². The smallest absolute Gasteiger partial charge is 0.104 e. The summed E-state index contributed by atoms with van der Waals surface area (Å²) in [6.07, 6.45) is -1.45. The van der Waals surface area contributed by atoms with Crippen LogP contribution in [-0.2, 0) is 0 Å². The minimum absolute atomic E-state index is 0.726. The second-order valence-electron chi connectivity index (χ2n) is 5.44. The van der Waals surface area contributed by atoms with Crippen molar-refractivity contribution in [3.05, 3.63) is 106 Å². The summed E-state index contributed by atoms with van der Waals surface area (Å²) >= 11 is 3.47. The Bertz CT molecular complexity index is 708. The van der Waals surface area contributed by atoms with Gasteiger partial charge in [0.15, 0.2) is 0 Å². The summed E-state index contributed by atoms with van der Waals surface area (Å²) in [5.41, 5.74) is 3.14. The van der Waals surface area contributed by atoms with Crippen molar-refractivity contribution in [1.29, 1.82) is 0 Å². The fourth-order valence-electron chi connectivity index (χ4n) is 2.61. The Hall–Kier alpha value is -1.94. The van der Waals surface area contributed by atoms with Crippen molar-refractivity contribution >= 4 is 15.9 Å². The molecule has 0 heterocycles. The van der Waals surface area contributed by atoms with Crippen LogP contribution in [0.5, 0.6) is 0 Å². The van der Waals surface area contributed by atoms with E-state index in [0.29, 0.717) is 0 Å². The van der Waals surface area contributed by atoms with E-state index in [4.69, 9.17) is 0 Å². The summed E-state index contributed by atoms with van der Waals surface area (Å²) in [5.74, 6) is 0. The fraction of sp³-hybridized carbons (Fsp3) is 0.100. The largest absolute Gasteiger partial charge is 0.384 e. The Kier molecular flexibility index (Phi) is 4.91. The standard InChI is InChI=1S/C20H17BrO2/c21-18-12-16(19(22)14-7-3-1-4-8-14)11-17(13-18)20(23)15-9-5-2-6-10-15/h1-13,19-20,22-23H. The zero-order chi connectivity index (χ0) is 16.2. The van der Waals surface area contributed by atoms with Crippen LogP contribution in [0, 0.1) is 0 Å². The molecule has 0 aromatic heterocycles. The number of hydrogen-bond donors (Lipinski definition) is 2. The number of benzene rings is 3. The molecule has 0 aliphatic heterocycles. The first-order valence-corrected chi connectivity index (χ1v) is 8.21. The highest BCUT2D eigenvalue weighted by atomic mass is 79.9. The highest BCUT2D eigenvalue weighted by Gasteiger charge is 2.16. The molecule has 3 aromatic rings. The lowest BCUT2D eigenvalue weighted by Gasteiger charge is -2.17. The van der Waals surface area contributed by atoms with Crippen LogP contribution in [0.2, 0.25) is 0 Å². The number of aliphatic hydroxyl groups is 2. The van der Waals surface area contributed by atoms with Gasteiger partial charge in [-0.1, -0.05) is 76.6 Å². The molecule has 116 valence electrons. The Labute approximate surface area is 144 Å². The molecule has 0 aliphatic carbocycles. The topological polar surface area (TPSA) is 40.5 Å². The minimum Gasteiger partial charge on any atom is -0.384 e. The number of aliphatic hydroxyl groups excluding tert-OH is 2. The summed E-state index contributed by atoms with van der Waals surface area (Å²) < 4.78 is 0.829. The van der Waals surface area contributed by atoms with Gasteiger partial charge in [-0.05, 0) is 40.5 Å². The van der Waals surface area contributed by atoms with Gasteiger partial charge in [0.05, 0.1) is 0 Å². The van der Waals surface area contributed by atoms with E-state index in [1.54, 1.807) is 0 Å². The van der Waals surface area contributed by atoms with Crippen LogP contribution >= 0.6 is 15.9 Å². The second-order valence-corrected chi connectivity index (χ2v) is 6.36. The number of hydrogen-bond acceptors (Lipinski definition) is 2. The van der Waals surface area contributed by atoms with E-state index in [-0.39, 0.29) is 0 Å². The molecule has 3 rings (SSSR count). The summed E-state index contributed by atoms with van der Waals surface area (Å²) in [5, 5.41) is 21.2. The molecule has 0 radical (unpaired) electrons. The molecular formula is C20H17BrO2. The zero-order valence-corrected chi connectivity index (χ0v) is 14.0. The molecule has 23 heavy (non-hydrogen) atoms. The van der Waals surface area contributed by atoms with Crippen LogP contribution in [0.15, 0.2) is 83.3 Å². The maximum Gasteiger partial charge on any atom is 0.104 e. The van der Waals surface area contributed by atoms with Gasteiger partial charge in [-0.2, -0.15) is 0 Å². The van der Waals surface area contributed by atoms with E-state index in [1.807, 2.05) is 78.9 Å². The predicted octanol–water partition coefficient (Wildman–Crippen LogP) is 4.61. The summed E-state index contributed by atoms with van der Waals surface area (Å²) in [6.45, 7) is 0. The van der Waals surface area contributed by atoms with Gasteiger partial charge >= 0.3 is 0 Å². The third-order valence-corrected chi connectivity index (χ3v) is 4.26. The Morgan fingerprint density at radius 1 is 0.565 bits per heavy atom. The van der Waals surface area contributed by atoms with Gasteiger partial charge in [0, 0.05) is 4.47 Å². The highest BCUT2D eigenvalue weighted by Crippen LogP contribution is 2.30. The predicted molar refractivity (Wildman–Crippen MR) is 95.1 cm³/mol. The van der Waals surface area contributed by atoms with Gasteiger partial charge in [0.25, 0.3) is 0 Å². The van der Waals surface area contributed by atoms with Crippen molar-refractivity contribution in [1.82, 2.24) is 0 Å². The van der Waals surface area contributed by atoms with Crippen molar-refractivity contribution in [2.75, 3.05) is 0 Å². The molecule has 2 nitrogen and oxygen atoms in total. The maximum absolute atomic E-state index is 10.6. The molecule has 0 bridgehead atoms. The van der Waals surface area contributed by atoms with Crippen molar-refractivity contribution < 1.29 is 10.2 Å². The first kappa shape index (κ1) is 15.9. The average molecular weight is 369 g/mol. The first-order chi connectivity index (χ1) is 11.1. The van der Waals surface area contributed by atoms with Crippen LogP contribution in [0.25, 0.3) is 0 Å². The number of rotatable bonds is 4. The molecule has 3 heteroatoms. The molecule has 2 unspecified atom stereocenters. The average Bonchev–Trinajstić information content (AvgIpc) is 2.61. The molecule has 2 N–H and O–H groups in total. The molecule has 0 saturated heterocycles. The van der Waals surface area contributed by atoms with Gasteiger partial charge in [-0.3, -0.25) is 0 Å². The third kappa shape index (κ3) is 3.70. The summed E-state index contributed by atoms with van der Waals surface area (Å²) in [4.78, 5) is 0. The van der Waals surface area contributed by atoms with Gasteiger partial charge in [0.2, 0.25) is 0 Å². The maximum atomic E-state index is 10.6. The molecule has 3 aromatic carbocycles. The van der Waals surface area contributed by atoms with Crippen LogP contribution in [0.4, 0.5) is 0 Å². The lowest BCUT2D eigenvalue weighted by molar-refractivity contribution is 0.213. The van der Waals surface area contributed by atoms with E-state index in [0.717, 1.165) is 26.7 Å². The Morgan fingerprint density at radius 3 is 1.35 bits per heavy atom. The van der Waals surface area contributed by atoms with Crippen LogP contribution in [-0.4, -0.2) is 10.2 Å². The van der Waals surface area contributed by atoms with Gasteiger partial charge in [-0.25, -0.2) is 0 Å². The molecule has 0 saturated carbocycles. The first-order valence-electron chi connectivity index (χ1n) is 7.41. The van der Waals surface area contributed by atoms with Crippen LogP contribution in [0.3, 0.4) is 0 Å². The van der Waals surface area contributed by atoms with Crippen molar-refractivity contribution in [2.45, 2.75) is 12.2 Å². The molecule has 0 amide bonds. The minimum atomic E-state index is -0.726.